The van der Waals surface area contributed by atoms with Crippen molar-refractivity contribution in [2.45, 2.75) is 52.1 Å². The number of rotatable bonds is 3. The lowest BCUT2D eigenvalue weighted by Crippen LogP contribution is -2.16. The number of carbonyl (C=O) groups excluding carboxylic acids is 1. The van der Waals surface area contributed by atoms with E-state index in [4.69, 9.17) is 11.0 Å². The predicted octanol–water partition coefficient (Wildman–Crippen LogP) is 4.22. The molecule has 32 heavy (non-hydrogen) atoms. The van der Waals surface area contributed by atoms with Crippen LogP contribution in [0.4, 0.5) is 11.6 Å². The van der Waals surface area contributed by atoms with Crippen molar-refractivity contribution in [1.82, 2.24) is 9.97 Å². The van der Waals surface area contributed by atoms with Gasteiger partial charge in [0.15, 0.2) is 0 Å². The first-order chi connectivity index (χ1) is 15.2. The Hall–Kier alpha value is -3.50. The van der Waals surface area contributed by atoms with Crippen LogP contribution in [-0.2, 0) is 16.8 Å². The summed E-state index contributed by atoms with van der Waals surface area (Å²) >= 11 is 0. The molecule has 1 saturated carbocycles. The number of amides is 1. The second kappa shape index (κ2) is 8.21. The van der Waals surface area contributed by atoms with E-state index in [1.807, 2.05) is 31.2 Å². The lowest BCUT2D eigenvalue weighted by atomic mass is 9.91. The number of carbonyl (C=O) groups is 1. The quantitative estimate of drug-likeness (QED) is 0.572. The van der Waals surface area contributed by atoms with Crippen molar-refractivity contribution in [1.29, 1.82) is 5.26 Å². The fourth-order valence-electron chi connectivity index (χ4n) is 4.33. The Morgan fingerprint density at radius 1 is 1.34 bits per heavy atom. The molecular weight excluding hydrogens is 402 g/mol. The molecule has 0 saturated heterocycles. The summed E-state index contributed by atoms with van der Waals surface area (Å²) in [5.74, 6) is 1.08. The molecule has 7 heteroatoms. The van der Waals surface area contributed by atoms with Crippen molar-refractivity contribution in [2.75, 3.05) is 11.1 Å². The summed E-state index contributed by atoms with van der Waals surface area (Å²) in [7, 11) is 0. The fraction of sp³-hybridized carbons (Fsp3) is 0.360. The van der Waals surface area contributed by atoms with Crippen molar-refractivity contribution in [2.24, 2.45) is 5.92 Å². The molecule has 2 aliphatic carbocycles. The molecule has 0 bridgehead atoms. The third-order valence-electron chi connectivity index (χ3n) is 6.16. The van der Waals surface area contributed by atoms with E-state index in [9.17, 15) is 9.90 Å². The molecule has 2 aliphatic rings. The number of aliphatic hydroxyl groups is 1. The maximum absolute atomic E-state index is 12.1. The maximum Gasteiger partial charge on any atom is 0.228 e. The van der Waals surface area contributed by atoms with Crippen LogP contribution in [0.1, 0.15) is 49.8 Å². The first kappa shape index (κ1) is 21.7. The minimum absolute atomic E-state index is 0.0260. The highest BCUT2D eigenvalue weighted by molar-refractivity contribution is 5.98. The van der Waals surface area contributed by atoms with Gasteiger partial charge in [-0.25, -0.2) is 9.97 Å². The number of pyridine rings is 2. The third kappa shape index (κ3) is 4.02. The highest BCUT2D eigenvalue weighted by Crippen LogP contribution is 2.43. The summed E-state index contributed by atoms with van der Waals surface area (Å²) in [5.41, 5.74) is 10.5. The van der Waals surface area contributed by atoms with Crippen LogP contribution in [0.2, 0.25) is 0 Å². The number of hydrogen-bond acceptors (Lipinski definition) is 6. The van der Waals surface area contributed by atoms with E-state index in [1.165, 1.54) is 6.92 Å². The molecule has 0 radical (unpaired) electrons. The van der Waals surface area contributed by atoms with Gasteiger partial charge >= 0.3 is 0 Å². The van der Waals surface area contributed by atoms with Crippen LogP contribution >= 0.6 is 0 Å². The first-order valence-corrected chi connectivity index (χ1v) is 10.8. The summed E-state index contributed by atoms with van der Waals surface area (Å²) in [4.78, 5) is 21.1. The van der Waals surface area contributed by atoms with E-state index in [2.05, 4.69) is 22.2 Å². The number of aromatic nitrogens is 2. The van der Waals surface area contributed by atoms with Gasteiger partial charge in [0, 0.05) is 30.0 Å². The second-order valence-corrected chi connectivity index (χ2v) is 8.73. The number of nitrogens with one attached hydrogen (secondary N) is 1. The largest absolute Gasteiger partial charge is 0.385 e. The Labute approximate surface area is 187 Å². The SMILES string of the molecule is CC#N.Cc1ccc2c(c1-c1cc3cc(NC(=O)C4CC4)ncc3c(N)n1)CC[C@@]2(C)O. The van der Waals surface area contributed by atoms with E-state index in [0.29, 0.717) is 18.1 Å². The number of nitrogens with two attached hydrogens (primary N) is 1. The van der Waals surface area contributed by atoms with Crippen LogP contribution in [0.3, 0.4) is 0 Å². The van der Waals surface area contributed by atoms with Gasteiger partial charge in [0.2, 0.25) is 5.91 Å². The normalized spacial score (nSPS) is 19.0. The van der Waals surface area contributed by atoms with E-state index in [1.54, 1.807) is 12.3 Å². The number of anilines is 2. The topological polar surface area (TPSA) is 125 Å². The smallest absolute Gasteiger partial charge is 0.228 e. The molecule has 1 aromatic carbocycles. The lowest BCUT2D eigenvalue weighted by molar-refractivity contribution is -0.117. The van der Waals surface area contributed by atoms with Crippen LogP contribution in [0, 0.1) is 24.2 Å². The summed E-state index contributed by atoms with van der Waals surface area (Å²) in [6.07, 6.45) is 5.06. The summed E-state index contributed by atoms with van der Waals surface area (Å²) < 4.78 is 0. The molecule has 1 amide bonds. The van der Waals surface area contributed by atoms with Crippen LogP contribution < -0.4 is 11.1 Å². The Morgan fingerprint density at radius 3 is 2.75 bits per heavy atom. The zero-order valence-corrected chi connectivity index (χ0v) is 18.6. The zero-order valence-electron chi connectivity index (χ0n) is 18.6. The standard InChI is InChI=1S/C23H24N4O2.C2H3N/c1-12-3-6-17-15(7-8-23(17,2)29)20(12)18-9-14-10-19(27-22(28)13-4-5-13)25-11-16(14)21(24)26-18;1-2-3/h3,6,9-11,13,29H,4-5,7-8H2,1-2H3,(H2,24,26)(H,25,27,28);1H3/t23-;/m1./s1. The van der Waals surface area contributed by atoms with Gasteiger partial charge in [0.25, 0.3) is 0 Å². The number of fused-ring (bicyclic) bond motifs is 2. The van der Waals surface area contributed by atoms with Crippen molar-refractivity contribution < 1.29 is 9.90 Å². The van der Waals surface area contributed by atoms with Gasteiger partial charge in [-0.15, -0.1) is 0 Å². The zero-order chi connectivity index (χ0) is 23.0. The monoisotopic (exact) mass is 429 g/mol. The van der Waals surface area contributed by atoms with Gasteiger partial charge in [-0.05, 0) is 73.7 Å². The number of nitrogens with zero attached hydrogens (tertiary/aromatic N) is 3. The van der Waals surface area contributed by atoms with E-state index < -0.39 is 5.60 Å². The lowest BCUT2D eigenvalue weighted by Gasteiger charge is -2.19. The molecule has 7 nitrogen and oxygen atoms in total. The minimum Gasteiger partial charge on any atom is -0.385 e. The highest BCUT2D eigenvalue weighted by Gasteiger charge is 2.34. The average Bonchev–Trinajstić information content (AvgIpc) is 3.53. The fourth-order valence-corrected chi connectivity index (χ4v) is 4.33. The van der Waals surface area contributed by atoms with Gasteiger partial charge in [-0.3, -0.25) is 4.79 Å². The number of aryl methyl sites for hydroxylation is 1. The maximum atomic E-state index is 12.1. The third-order valence-corrected chi connectivity index (χ3v) is 6.16. The molecule has 5 rings (SSSR count). The average molecular weight is 430 g/mol. The van der Waals surface area contributed by atoms with Crippen LogP contribution in [-0.4, -0.2) is 21.0 Å². The van der Waals surface area contributed by atoms with Gasteiger partial charge in [-0.2, -0.15) is 5.26 Å². The van der Waals surface area contributed by atoms with Gasteiger partial charge in [-0.1, -0.05) is 12.1 Å². The summed E-state index contributed by atoms with van der Waals surface area (Å²) in [5, 5.41) is 22.6. The van der Waals surface area contributed by atoms with E-state index in [-0.39, 0.29) is 11.8 Å². The molecule has 0 spiro atoms. The Morgan fingerprint density at radius 2 is 2.06 bits per heavy atom. The van der Waals surface area contributed by atoms with Crippen molar-refractivity contribution >= 4 is 28.3 Å². The van der Waals surface area contributed by atoms with Crippen LogP contribution in [0.25, 0.3) is 22.0 Å². The van der Waals surface area contributed by atoms with Crippen molar-refractivity contribution in [3.05, 3.63) is 47.2 Å². The summed E-state index contributed by atoms with van der Waals surface area (Å²) in [6.45, 7) is 5.35. The molecule has 0 aliphatic heterocycles. The Kier molecular flexibility index (Phi) is 5.57. The van der Waals surface area contributed by atoms with Crippen LogP contribution in [0.15, 0.2) is 30.5 Å². The number of nitriles is 1. The molecule has 4 N–H and O–H groups in total. The minimum atomic E-state index is -0.815. The number of nitrogen functional groups attached to an aromatic ring is 1. The molecular formula is C25H27N5O2. The van der Waals surface area contributed by atoms with Crippen molar-refractivity contribution in [3.63, 3.8) is 0 Å². The molecule has 2 heterocycles. The molecule has 1 atom stereocenters. The molecule has 3 aromatic rings. The second-order valence-electron chi connectivity index (χ2n) is 8.73. The van der Waals surface area contributed by atoms with Crippen molar-refractivity contribution in [3.8, 4) is 17.3 Å². The van der Waals surface area contributed by atoms with Crippen LogP contribution in [0.5, 0.6) is 0 Å². The molecule has 0 unspecified atom stereocenters. The first-order valence-electron chi connectivity index (χ1n) is 10.8. The van der Waals surface area contributed by atoms with E-state index >= 15 is 0 Å². The number of benzene rings is 1. The highest BCUT2D eigenvalue weighted by atomic mass is 16.3. The molecule has 164 valence electrons. The molecule has 1 fully saturated rings. The predicted molar refractivity (Wildman–Crippen MR) is 125 cm³/mol. The number of hydrogen-bond donors (Lipinski definition) is 3. The Bertz CT molecular complexity index is 1260. The van der Waals surface area contributed by atoms with Gasteiger partial charge < -0.3 is 16.2 Å². The van der Waals surface area contributed by atoms with E-state index in [0.717, 1.165) is 58.0 Å². The summed E-state index contributed by atoms with van der Waals surface area (Å²) in [6, 6.07) is 9.65. The molecule has 2 aromatic heterocycles. The van der Waals surface area contributed by atoms with Gasteiger partial charge in [0.05, 0.1) is 17.4 Å². The van der Waals surface area contributed by atoms with Gasteiger partial charge in [0.1, 0.15) is 11.6 Å². The Balaban J connectivity index is 0.000000775.